The molecule has 0 heterocycles. The molecule has 0 N–H and O–H groups in total. The monoisotopic (exact) mass is 272 g/mol. The normalized spacial score (nSPS) is 11.1. The van der Waals surface area contributed by atoms with Crippen LogP contribution in [-0.2, 0) is 9.47 Å². The Kier molecular flexibility index (Phi) is 17.8. The Morgan fingerprint density at radius 2 is 0.842 bits per heavy atom. The van der Waals surface area contributed by atoms with E-state index in [2.05, 4.69) is 13.8 Å². The lowest BCUT2D eigenvalue weighted by Gasteiger charge is -2.06. The van der Waals surface area contributed by atoms with Gasteiger partial charge in [0.15, 0.2) is 0 Å². The predicted molar refractivity (Wildman–Crippen MR) is 83.5 cm³/mol. The van der Waals surface area contributed by atoms with E-state index < -0.39 is 0 Å². The number of ether oxygens (including phenoxy) is 2. The summed E-state index contributed by atoms with van der Waals surface area (Å²) in [6.07, 6.45) is 15.8. The van der Waals surface area contributed by atoms with E-state index in [0.29, 0.717) is 6.79 Å². The largest absolute Gasteiger partial charge is 0.355 e. The van der Waals surface area contributed by atoms with E-state index in [9.17, 15) is 0 Å². The summed E-state index contributed by atoms with van der Waals surface area (Å²) < 4.78 is 10.9. The molecule has 2 heteroatoms. The SMILES string of the molecule is CCCCCCCCOCOCCCCCCCC. The third-order valence-corrected chi connectivity index (χ3v) is 3.45. The summed E-state index contributed by atoms with van der Waals surface area (Å²) in [5.74, 6) is 0. The van der Waals surface area contributed by atoms with Crippen molar-refractivity contribution in [2.24, 2.45) is 0 Å². The van der Waals surface area contributed by atoms with E-state index in [1.165, 1.54) is 77.0 Å². The fourth-order valence-corrected chi connectivity index (χ4v) is 2.15. The highest BCUT2D eigenvalue weighted by atomic mass is 16.7. The fourth-order valence-electron chi connectivity index (χ4n) is 2.15. The van der Waals surface area contributed by atoms with Gasteiger partial charge >= 0.3 is 0 Å². The molecular weight excluding hydrogens is 236 g/mol. The average Bonchev–Trinajstić information content (AvgIpc) is 2.43. The molecule has 0 fully saturated rings. The summed E-state index contributed by atoms with van der Waals surface area (Å²) in [6.45, 7) is 6.73. The molecule has 0 aromatic rings. The lowest BCUT2D eigenvalue weighted by molar-refractivity contribution is -0.0556. The molecule has 0 aliphatic rings. The van der Waals surface area contributed by atoms with Crippen molar-refractivity contribution in [1.82, 2.24) is 0 Å². The minimum Gasteiger partial charge on any atom is -0.355 e. The minimum absolute atomic E-state index is 0.490. The second kappa shape index (κ2) is 17.9. The van der Waals surface area contributed by atoms with Gasteiger partial charge in [-0.1, -0.05) is 78.1 Å². The topological polar surface area (TPSA) is 18.5 Å². The third kappa shape index (κ3) is 17.9. The van der Waals surface area contributed by atoms with Crippen molar-refractivity contribution in [2.45, 2.75) is 90.9 Å². The van der Waals surface area contributed by atoms with E-state index in [4.69, 9.17) is 9.47 Å². The van der Waals surface area contributed by atoms with Crippen molar-refractivity contribution in [3.8, 4) is 0 Å². The first kappa shape index (κ1) is 18.9. The molecule has 2 nitrogen and oxygen atoms in total. The van der Waals surface area contributed by atoms with E-state index in [0.717, 1.165) is 13.2 Å². The lowest BCUT2D eigenvalue weighted by Crippen LogP contribution is -2.03. The van der Waals surface area contributed by atoms with Gasteiger partial charge in [0, 0.05) is 13.2 Å². The molecule has 0 aliphatic heterocycles. The fraction of sp³-hybridized carbons (Fsp3) is 1.00. The van der Waals surface area contributed by atoms with Gasteiger partial charge in [-0.25, -0.2) is 0 Å². The molecular formula is C17H36O2. The van der Waals surface area contributed by atoms with Crippen molar-refractivity contribution in [2.75, 3.05) is 20.0 Å². The summed E-state index contributed by atoms with van der Waals surface area (Å²) in [5.41, 5.74) is 0. The molecule has 0 saturated carbocycles. The highest BCUT2D eigenvalue weighted by Gasteiger charge is 1.93. The van der Waals surface area contributed by atoms with Gasteiger partial charge in [-0.2, -0.15) is 0 Å². The maximum atomic E-state index is 5.46. The Morgan fingerprint density at radius 1 is 0.474 bits per heavy atom. The second-order valence-corrected chi connectivity index (χ2v) is 5.47. The zero-order chi connectivity index (χ0) is 14.0. The summed E-state index contributed by atoms with van der Waals surface area (Å²) in [5, 5.41) is 0. The molecule has 0 aliphatic carbocycles. The Morgan fingerprint density at radius 3 is 1.26 bits per heavy atom. The molecule has 19 heavy (non-hydrogen) atoms. The zero-order valence-electron chi connectivity index (χ0n) is 13.4. The molecule has 0 rings (SSSR count). The Bertz CT molecular complexity index is 132. The van der Waals surface area contributed by atoms with Crippen LogP contribution in [0, 0.1) is 0 Å². The van der Waals surface area contributed by atoms with E-state index >= 15 is 0 Å². The van der Waals surface area contributed by atoms with Gasteiger partial charge in [-0.3, -0.25) is 0 Å². The number of rotatable bonds is 16. The maximum absolute atomic E-state index is 5.46. The van der Waals surface area contributed by atoms with Crippen LogP contribution < -0.4 is 0 Å². The van der Waals surface area contributed by atoms with Crippen molar-refractivity contribution >= 4 is 0 Å². The third-order valence-electron chi connectivity index (χ3n) is 3.45. The van der Waals surface area contributed by atoms with Crippen LogP contribution in [0.3, 0.4) is 0 Å². The standard InChI is InChI=1S/C17H36O2/c1-3-5-7-9-11-13-15-18-17-19-16-14-12-10-8-6-4-2/h3-17H2,1-2H3. The van der Waals surface area contributed by atoms with Crippen LogP contribution in [0.1, 0.15) is 90.9 Å². The first-order chi connectivity index (χ1) is 9.41. The van der Waals surface area contributed by atoms with Crippen LogP contribution in [0.5, 0.6) is 0 Å². The summed E-state index contributed by atoms with van der Waals surface area (Å²) in [7, 11) is 0. The van der Waals surface area contributed by atoms with Gasteiger partial charge in [0.05, 0.1) is 0 Å². The Labute approximate surface area is 121 Å². The Balaban J connectivity index is 2.88. The molecule has 0 bridgehead atoms. The van der Waals surface area contributed by atoms with Gasteiger partial charge in [0.1, 0.15) is 6.79 Å². The molecule has 0 saturated heterocycles. The number of hydrogen-bond donors (Lipinski definition) is 0. The molecule has 0 unspecified atom stereocenters. The zero-order valence-corrected chi connectivity index (χ0v) is 13.4. The number of hydrogen-bond acceptors (Lipinski definition) is 2. The molecule has 116 valence electrons. The summed E-state index contributed by atoms with van der Waals surface area (Å²) in [4.78, 5) is 0. The van der Waals surface area contributed by atoms with Crippen molar-refractivity contribution < 1.29 is 9.47 Å². The van der Waals surface area contributed by atoms with Gasteiger partial charge < -0.3 is 9.47 Å². The van der Waals surface area contributed by atoms with E-state index in [1.807, 2.05) is 0 Å². The first-order valence-electron chi connectivity index (χ1n) is 8.57. The summed E-state index contributed by atoms with van der Waals surface area (Å²) >= 11 is 0. The van der Waals surface area contributed by atoms with E-state index in [-0.39, 0.29) is 0 Å². The van der Waals surface area contributed by atoms with Gasteiger partial charge in [-0.15, -0.1) is 0 Å². The molecule has 0 radical (unpaired) electrons. The van der Waals surface area contributed by atoms with Crippen molar-refractivity contribution in [3.63, 3.8) is 0 Å². The Hall–Kier alpha value is -0.0800. The molecule has 0 atom stereocenters. The quantitative estimate of drug-likeness (QED) is 0.265. The predicted octanol–water partition coefficient (Wildman–Crippen LogP) is 5.70. The van der Waals surface area contributed by atoms with Crippen molar-refractivity contribution in [1.29, 1.82) is 0 Å². The highest BCUT2D eigenvalue weighted by molar-refractivity contribution is 4.44. The van der Waals surface area contributed by atoms with Gasteiger partial charge in [0.2, 0.25) is 0 Å². The minimum atomic E-state index is 0.490. The lowest BCUT2D eigenvalue weighted by atomic mass is 10.1. The average molecular weight is 272 g/mol. The van der Waals surface area contributed by atoms with Crippen molar-refractivity contribution in [3.05, 3.63) is 0 Å². The van der Waals surface area contributed by atoms with Crippen LogP contribution in [0.4, 0.5) is 0 Å². The smallest absolute Gasteiger partial charge is 0.146 e. The van der Waals surface area contributed by atoms with Gasteiger partial charge in [-0.05, 0) is 12.8 Å². The van der Waals surface area contributed by atoms with Crippen LogP contribution in [-0.4, -0.2) is 20.0 Å². The molecule has 0 amide bonds. The van der Waals surface area contributed by atoms with Crippen LogP contribution in [0.25, 0.3) is 0 Å². The molecule has 0 aromatic carbocycles. The first-order valence-corrected chi connectivity index (χ1v) is 8.57. The second-order valence-electron chi connectivity index (χ2n) is 5.47. The van der Waals surface area contributed by atoms with Gasteiger partial charge in [0.25, 0.3) is 0 Å². The highest BCUT2D eigenvalue weighted by Crippen LogP contribution is 2.06. The molecule has 0 spiro atoms. The van der Waals surface area contributed by atoms with Crippen LogP contribution in [0.2, 0.25) is 0 Å². The van der Waals surface area contributed by atoms with Crippen LogP contribution in [0.15, 0.2) is 0 Å². The number of unbranched alkanes of at least 4 members (excludes halogenated alkanes) is 10. The van der Waals surface area contributed by atoms with E-state index in [1.54, 1.807) is 0 Å². The summed E-state index contributed by atoms with van der Waals surface area (Å²) in [6, 6.07) is 0. The maximum Gasteiger partial charge on any atom is 0.146 e. The van der Waals surface area contributed by atoms with Crippen LogP contribution >= 0.6 is 0 Å². The molecule has 0 aromatic heterocycles.